The predicted molar refractivity (Wildman–Crippen MR) is 89.8 cm³/mol. The number of aryl methyl sites for hydroxylation is 1. The molecular formula is C16H19ClN6O. The summed E-state index contributed by atoms with van der Waals surface area (Å²) in [4.78, 5) is 6.30. The van der Waals surface area contributed by atoms with E-state index in [1.807, 2.05) is 23.4 Å². The molecule has 1 fully saturated rings. The van der Waals surface area contributed by atoms with Gasteiger partial charge in [0.05, 0.1) is 16.2 Å². The van der Waals surface area contributed by atoms with Gasteiger partial charge in [0, 0.05) is 32.8 Å². The first kappa shape index (κ1) is 16.7. The van der Waals surface area contributed by atoms with Crippen LogP contribution in [0, 0.1) is 18.3 Å². The van der Waals surface area contributed by atoms with Crippen LogP contribution in [0.25, 0.3) is 0 Å². The fourth-order valence-electron chi connectivity index (χ4n) is 3.14. The summed E-state index contributed by atoms with van der Waals surface area (Å²) in [7, 11) is 1.86. The Kier molecular flexibility index (Phi) is 4.43. The van der Waals surface area contributed by atoms with Gasteiger partial charge in [0.1, 0.15) is 24.0 Å². The van der Waals surface area contributed by atoms with Crippen molar-refractivity contribution in [2.75, 3.05) is 18.0 Å². The summed E-state index contributed by atoms with van der Waals surface area (Å²) in [5.41, 5.74) is 0.248. The highest BCUT2D eigenvalue weighted by atomic mass is 35.5. The highest BCUT2D eigenvalue weighted by molar-refractivity contribution is 6.31. The van der Waals surface area contributed by atoms with Crippen LogP contribution < -0.4 is 4.90 Å². The fourth-order valence-corrected chi connectivity index (χ4v) is 3.28. The normalized spacial score (nSPS) is 20.9. The second-order valence-corrected chi connectivity index (χ2v) is 6.73. The average molecular weight is 347 g/mol. The molecule has 8 heteroatoms. The topological polar surface area (TPSA) is 90.9 Å². The summed E-state index contributed by atoms with van der Waals surface area (Å²) in [6, 6.07) is 2.19. The number of nitrogens with zero attached hydrogens (tertiary/aromatic N) is 6. The first-order chi connectivity index (χ1) is 11.4. The minimum atomic E-state index is -0.930. The van der Waals surface area contributed by atoms with Gasteiger partial charge in [0.15, 0.2) is 0 Å². The van der Waals surface area contributed by atoms with Crippen molar-refractivity contribution in [1.82, 2.24) is 19.7 Å². The zero-order valence-electron chi connectivity index (χ0n) is 13.7. The quantitative estimate of drug-likeness (QED) is 0.908. The Morgan fingerprint density at radius 1 is 1.50 bits per heavy atom. The van der Waals surface area contributed by atoms with Crippen LogP contribution in [0.15, 0.2) is 12.5 Å². The first-order valence-corrected chi connectivity index (χ1v) is 8.17. The SMILES string of the molecule is Cc1c(Cl)cnc(N2CCCC(O)(Cc3nncn3C)C2)c1C#N. The molecular weight excluding hydrogens is 328 g/mol. The predicted octanol–water partition coefficient (Wildman–Crippen LogP) is 1.62. The number of β-amino-alcohol motifs (C(OH)–C–C–N with tert-alkyl or cyclic N) is 1. The van der Waals surface area contributed by atoms with Gasteiger partial charge in [-0.15, -0.1) is 10.2 Å². The molecule has 0 aliphatic carbocycles. The van der Waals surface area contributed by atoms with Crippen molar-refractivity contribution in [2.24, 2.45) is 7.05 Å². The lowest BCUT2D eigenvalue weighted by atomic mass is 9.89. The summed E-state index contributed by atoms with van der Waals surface area (Å²) in [5.74, 6) is 1.32. The Bertz CT molecular complexity index is 798. The number of pyridine rings is 1. The fraction of sp³-hybridized carbons (Fsp3) is 0.500. The maximum absolute atomic E-state index is 11.0. The lowest BCUT2D eigenvalue weighted by Crippen LogP contribution is -2.50. The summed E-state index contributed by atoms with van der Waals surface area (Å²) in [6.07, 6.45) is 5.07. The number of piperidine rings is 1. The van der Waals surface area contributed by atoms with Crippen molar-refractivity contribution in [3.05, 3.63) is 34.5 Å². The van der Waals surface area contributed by atoms with E-state index in [0.717, 1.165) is 18.8 Å². The molecule has 1 aliphatic heterocycles. The summed E-state index contributed by atoms with van der Waals surface area (Å²) in [5, 5.41) is 28.9. The van der Waals surface area contributed by atoms with E-state index in [2.05, 4.69) is 21.3 Å². The molecule has 2 aromatic heterocycles. The number of halogens is 1. The van der Waals surface area contributed by atoms with Crippen LogP contribution in [-0.2, 0) is 13.5 Å². The Labute approximate surface area is 145 Å². The minimum absolute atomic E-state index is 0.391. The zero-order chi connectivity index (χ0) is 17.3. The van der Waals surface area contributed by atoms with Crippen molar-refractivity contribution in [1.29, 1.82) is 5.26 Å². The Balaban J connectivity index is 1.88. The second kappa shape index (κ2) is 6.38. The van der Waals surface area contributed by atoms with Gasteiger partial charge < -0.3 is 14.6 Å². The van der Waals surface area contributed by atoms with Crippen LogP contribution in [0.4, 0.5) is 5.82 Å². The van der Waals surface area contributed by atoms with Crippen LogP contribution in [0.3, 0.4) is 0 Å². The van der Waals surface area contributed by atoms with E-state index in [9.17, 15) is 10.4 Å². The second-order valence-electron chi connectivity index (χ2n) is 6.33. The maximum Gasteiger partial charge on any atom is 0.146 e. The summed E-state index contributed by atoms with van der Waals surface area (Å²) < 4.78 is 1.81. The third kappa shape index (κ3) is 3.07. The van der Waals surface area contributed by atoms with Gasteiger partial charge in [0.2, 0.25) is 0 Å². The molecule has 24 heavy (non-hydrogen) atoms. The summed E-state index contributed by atoms with van der Waals surface area (Å²) >= 11 is 6.07. The molecule has 0 amide bonds. The number of aromatic nitrogens is 4. The summed E-state index contributed by atoms with van der Waals surface area (Å²) in [6.45, 7) is 2.94. The Morgan fingerprint density at radius 3 is 2.96 bits per heavy atom. The highest BCUT2D eigenvalue weighted by Gasteiger charge is 2.36. The number of aliphatic hydroxyl groups is 1. The third-order valence-electron chi connectivity index (χ3n) is 4.52. The van der Waals surface area contributed by atoms with E-state index in [4.69, 9.17) is 11.6 Å². The molecule has 1 N–H and O–H groups in total. The van der Waals surface area contributed by atoms with Gasteiger partial charge in [0.25, 0.3) is 0 Å². The van der Waals surface area contributed by atoms with Crippen molar-refractivity contribution >= 4 is 17.4 Å². The van der Waals surface area contributed by atoms with E-state index in [0.29, 0.717) is 41.4 Å². The molecule has 1 atom stereocenters. The zero-order valence-corrected chi connectivity index (χ0v) is 14.5. The molecule has 2 aromatic rings. The highest BCUT2D eigenvalue weighted by Crippen LogP contribution is 2.31. The minimum Gasteiger partial charge on any atom is -0.388 e. The van der Waals surface area contributed by atoms with Gasteiger partial charge in [-0.3, -0.25) is 0 Å². The van der Waals surface area contributed by atoms with E-state index in [1.54, 1.807) is 12.5 Å². The van der Waals surface area contributed by atoms with Gasteiger partial charge in [-0.2, -0.15) is 5.26 Å². The van der Waals surface area contributed by atoms with Crippen LogP contribution in [0.1, 0.15) is 29.8 Å². The third-order valence-corrected chi connectivity index (χ3v) is 4.90. The number of anilines is 1. The van der Waals surface area contributed by atoms with Crippen LogP contribution in [0.5, 0.6) is 0 Å². The molecule has 0 spiro atoms. The molecule has 3 rings (SSSR count). The monoisotopic (exact) mass is 346 g/mol. The number of hydrogen-bond donors (Lipinski definition) is 1. The smallest absolute Gasteiger partial charge is 0.146 e. The van der Waals surface area contributed by atoms with Gasteiger partial charge in [-0.25, -0.2) is 4.98 Å². The molecule has 0 aromatic carbocycles. The maximum atomic E-state index is 11.0. The standard InChI is InChI=1S/C16H19ClN6O/c1-11-12(7-18)15(19-8-13(11)17)23-5-3-4-16(24,9-23)6-14-21-20-10-22(14)2/h8,10,24H,3-6,9H2,1-2H3. The van der Waals surface area contributed by atoms with Crippen LogP contribution >= 0.6 is 11.6 Å². The van der Waals surface area contributed by atoms with E-state index < -0.39 is 5.60 Å². The van der Waals surface area contributed by atoms with Crippen molar-refractivity contribution in [3.63, 3.8) is 0 Å². The van der Waals surface area contributed by atoms with Crippen molar-refractivity contribution < 1.29 is 5.11 Å². The Morgan fingerprint density at radius 2 is 2.29 bits per heavy atom. The van der Waals surface area contributed by atoms with Crippen LogP contribution in [0.2, 0.25) is 5.02 Å². The molecule has 1 saturated heterocycles. The molecule has 7 nitrogen and oxygen atoms in total. The molecule has 1 unspecified atom stereocenters. The van der Waals surface area contributed by atoms with E-state index in [1.165, 1.54) is 0 Å². The van der Waals surface area contributed by atoms with E-state index in [-0.39, 0.29) is 0 Å². The lowest BCUT2D eigenvalue weighted by molar-refractivity contribution is 0.0236. The van der Waals surface area contributed by atoms with Crippen molar-refractivity contribution in [2.45, 2.75) is 31.8 Å². The molecule has 1 aliphatic rings. The van der Waals surface area contributed by atoms with Gasteiger partial charge >= 0.3 is 0 Å². The first-order valence-electron chi connectivity index (χ1n) is 7.79. The molecule has 0 saturated carbocycles. The van der Waals surface area contributed by atoms with Crippen LogP contribution in [-0.4, -0.2) is 43.5 Å². The van der Waals surface area contributed by atoms with E-state index >= 15 is 0 Å². The van der Waals surface area contributed by atoms with Gasteiger partial charge in [-0.1, -0.05) is 11.6 Å². The number of rotatable bonds is 3. The largest absolute Gasteiger partial charge is 0.388 e. The molecule has 3 heterocycles. The molecule has 0 radical (unpaired) electrons. The molecule has 126 valence electrons. The number of nitriles is 1. The lowest BCUT2D eigenvalue weighted by Gasteiger charge is -2.40. The average Bonchev–Trinajstić information content (AvgIpc) is 2.94. The number of hydrogen-bond acceptors (Lipinski definition) is 6. The molecule has 0 bridgehead atoms. The Hall–Kier alpha value is -2.17. The van der Waals surface area contributed by atoms with Gasteiger partial charge in [-0.05, 0) is 25.3 Å². The van der Waals surface area contributed by atoms with Crippen molar-refractivity contribution in [3.8, 4) is 6.07 Å².